The number of rotatable bonds is 6. The molecule has 1 aliphatic rings. The predicted molar refractivity (Wildman–Crippen MR) is 159 cm³/mol. The van der Waals surface area contributed by atoms with Gasteiger partial charge in [0.1, 0.15) is 40.6 Å². The maximum Gasteiger partial charge on any atom is 0.248 e. The van der Waals surface area contributed by atoms with Gasteiger partial charge in [0.25, 0.3) is 0 Å². The fourth-order valence-electron chi connectivity index (χ4n) is 5.38. The minimum absolute atomic E-state index is 0.0670. The molecule has 1 saturated heterocycles. The van der Waals surface area contributed by atoms with Crippen molar-refractivity contribution in [3.8, 4) is 17.2 Å². The van der Waals surface area contributed by atoms with Crippen molar-refractivity contribution in [1.82, 2.24) is 29.6 Å². The Morgan fingerprint density at radius 3 is 2.50 bits per heavy atom. The summed E-state index contributed by atoms with van der Waals surface area (Å²) < 4.78 is 1.98. The van der Waals surface area contributed by atoms with E-state index in [1.807, 2.05) is 26.8 Å². The second-order valence-electron chi connectivity index (χ2n) is 10.7. The quantitative estimate of drug-likeness (QED) is 0.240. The molecular weight excluding hydrogens is 600 g/mol. The van der Waals surface area contributed by atoms with E-state index >= 15 is 0 Å². The third-order valence-electron chi connectivity index (χ3n) is 7.79. The summed E-state index contributed by atoms with van der Waals surface area (Å²) >= 11 is 3.34. The first-order valence-electron chi connectivity index (χ1n) is 13.5. The van der Waals surface area contributed by atoms with E-state index in [0.717, 1.165) is 5.56 Å². The number of carbonyl (C=O) groups excluding carboxylic acids is 3. The highest BCUT2D eigenvalue weighted by Gasteiger charge is 2.43. The van der Waals surface area contributed by atoms with Crippen LogP contribution in [-0.4, -0.2) is 59.3 Å². The molecule has 2 amide bonds. The number of Topliss-reactive ketones (excluding diaryl/α,β-unsaturated/α-hetero) is 1. The Balaban J connectivity index is 1.50. The molecule has 0 saturated carbocycles. The van der Waals surface area contributed by atoms with Crippen LogP contribution in [0.5, 0.6) is 0 Å². The fourth-order valence-corrected chi connectivity index (χ4v) is 5.69. The van der Waals surface area contributed by atoms with Crippen LogP contribution in [0.4, 0.5) is 5.82 Å². The van der Waals surface area contributed by atoms with Crippen molar-refractivity contribution in [2.75, 3.05) is 5.32 Å². The van der Waals surface area contributed by atoms with Gasteiger partial charge in [-0.15, -0.1) is 0 Å². The lowest BCUT2D eigenvalue weighted by atomic mass is 10.0. The zero-order valence-corrected chi connectivity index (χ0v) is 25.4. The molecule has 0 unspecified atom stereocenters. The van der Waals surface area contributed by atoms with Gasteiger partial charge in [-0.2, -0.15) is 10.4 Å². The smallest absolute Gasteiger partial charge is 0.248 e. The van der Waals surface area contributed by atoms with Crippen LogP contribution in [0.3, 0.4) is 0 Å². The third kappa shape index (κ3) is 5.39. The zero-order chi connectivity index (χ0) is 30.3. The predicted octanol–water partition coefficient (Wildman–Crippen LogP) is 4.61. The van der Waals surface area contributed by atoms with Crippen LogP contribution in [0.2, 0.25) is 0 Å². The summed E-state index contributed by atoms with van der Waals surface area (Å²) in [6, 6.07) is 8.32. The molecule has 0 spiro atoms. The van der Waals surface area contributed by atoms with Crippen molar-refractivity contribution in [3.63, 3.8) is 0 Å². The molecule has 0 aliphatic carbocycles. The molecule has 4 heterocycles. The summed E-state index contributed by atoms with van der Waals surface area (Å²) in [7, 11) is 0. The van der Waals surface area contributed by atoms with Gasteiger partial charge in [0, 0.05) is 36.3 Å². The monoisotopic (exact) mass is 628 g/mol. The molecule has 5 rings (SSSR count). The summed E-state index contributed by atoms with van der Waals surface area (Å²) in [5, 5.41) is 17.9. The first-order valence-corrected chi connectivity index (χ1v) is 14.3. The first kappa shape index (κ1) is 29.0. The second-order valence-corrected chi connectivity index (χ2v) is 11.5. The van der Waals surface area contributed by atoms with E-state index in [0.29, 0.717) is 44.7 Å². The number of hydrogen-bond donors (Lipinski definition) is 1. The molecule has 11 nitrogen and oxygen atoms in total. The summed E-state index contributed by atoms with van der Waals surface area (Å²) in [6.45, 7) is 8.68. The molecule has 1 N–H and O–H groups in total. The van der Waals surface area contributed by atoms with Gasteiger partial charge in [0.15, 0.2) is 5.78 Å². The third-order valence-corrected chi connectivity index (χ3v) is 8.23. The number of ketones is 1. The van der Waals surface area contributed by atoms with Gasteiger partial charge in [0.2, 0.25) is 11.8 Å². The van der Waals surface area contributed by atoms with Gasteiger partial charge >= 0.3 is 0 Å². The van der Waals surface area contributed by atoms with Crippen molar-refractivity contribution >= 4 is 50.2 Å². The number of anilines is 1. The lowest BCUT2D eigenvalue weighted by molar-refractivity contribution is -0.139. The minimum Gasteiger partial charge on any atom is -0.326 e. The van der Waals surface area contributed by atoms with Crippen LogP contribution in [0.15, 0.2) is 41.3 Å². The lowest BCUT2D eigenvalue weighted by Crippen LogP contribution is -2.47. The number of halogens is 1. The Labute approximate surface area is 251 Å². The molecule has 0 radical (unpaired) electrons. The van der Waals surface area contributed by atoms with Gasteiger partial charge in [-0.3, -0.25) is 19.1 Å². The standard InChI is InChI=1S/C30H29BrN8O3/c1-15-6-7-25(31)35-29(15)36-30(42)24-8-16(2)17(3)39(24)26(41)14-38-28-21(11-32)9-20(22-12-33-19(5)34-13-22)10-23(28)27(37-38)18(4)40/h6-7,9-10,12-13,16-17,24H,8,14H2,1-5H3,(H,35,36,42)/t16-,17+,24-/m0/s1. The number of amides is 2. The fraction of sp³-hybridized carbons (Fsp3) is 0.333. The molecular formula is C30H29BrN8O3. The van der Waals surface area contributed by atoms with E-state index in [1.54, 1.807) is 42.4 Å². The summed E-state index contributed by atoms with van der Waals surface area (Å²) in [5.74, 6) is 0.126. The van der Waals surface area contributed by atoms with Gasteiger partial charge in [-0.1, -0.05) is 13.0 Å². The molecule has 1 aliphatic heterocycles. The van der Waals surface area contributed by atoms with Gasteiger partial charge in [-0.25, -0.2) is 15.0 Å². The van der Waals surface area contributed by atoms with Crippen molar-refractivity contribution in [2.24, 2.45) is 5.92 Å². The molecule has 12 heteroatoms. The molecule has 1 fully saturated rings. The zero-order valence-electron chi connectivity index (χ0n) is 23.8. The van der Waals surface area contributed by atoms with E-state index in [2.05, 4.69) is 47.4 Å². The van der Waals surface area contributed by atoms with E-state index in [4.69, 9.17) is 0 Å². The number of nitrogens with zero attached hydrogens (tertiary/aromatic N) is 7. The van der Waals surface area contributed by atoms with Crippen molar-refractivity contribution in [3.05, 3.63) is 63.9 Å². The van der Waals surface area contributed by atoms with Crippen molar-refractivity contribution in [2.45, 2.75) is 59.7 Å². The molecule has 4 aromatic rings. The summed E-state index contributed by atoms with van der Waals surface area (Å²) in [6.07, 6.45) is 3.78. The highest BCUT2D eigenvalue weighted by Crippen LogP contribution is 2.33. The van der Waals surface area contributed by atoms with Crippen LogP contribution >= 0.6 is 15.9 Å². The van der Waals surface area contributed by atoms with Crippen molar-refractivity contribution in [1.29, 1.82) is 5.26 Å². The van der Waals surface area contributed by atoms with Crippen LogP contribution in [0.25, 0.3) is 22.0 Å². The molecule has 1 aromatic carbocycles. The van der Waals surface area contributed by atoms with E-state index in [-0.39, 0.29) is 47.4 Å². The van der Waals surface area contributed by atoms with Crippen LogP contribution in [0.1, 0.15) is 54.6 Å². The van der Waals surface area contributed by atoms with Crippen LogP contribution < -0.4 is 5.32 Å². The minimum atomic E-state index is -0.722. The normalized spacial score (nSPS) is 18.2. The maximum absolute atomic E-state index is 13.9. The van der Waals surface area contributed by atoms with Gasteiger partial charge in [-0.05, 0) is 78.4 Å². The number of aryl methyl sites for hydroxylation is 2. The average Bonchev–Trinajstić information content (AvgIpc) is 3.47. The van der Waals surface area contributed by atoms with E-state index in [1.165, 1.54) is 11.6 Å². The van der Waals surface area contributed by atoms with Gasteiger partial charge in [0.05, 0.1) is 11.1 Å². The molecule has 3 atom stereocenters. The Kier molecular flexibility index (Phi) is 7.88. The number of likely N-dealkylation sites (tertiary alicyclic amines) is 1. The maximum atomic E-state index is 13.9. The SMILES string of the molecule is CC(=O)c1nn(CC(=O)N2[C@H](C)[C@@H](C)C[C@H]2C(=O)Nc2nc(Br)ccc2C)c2c(C#N)cc(-c3cnc(C)nc3)cc12. The Bertz CT molecular complexity index is 1780. The van der Waals surface area contributed by atoms with Crippen LogP contribution in [-0.2, 0) is 16.1 Å². The Morgan fingerprint density at radius 2 is 1.83 bits per heavy atom. The van der Waals surface area contributed by atoms with Crippen molar-refractivity contribution < 1.29 is 14.4 Å². The highest BCUT2D eigenvalue weighted by atomic mass is 79.9. The summed E-state index contributed by atoms with van der Waals surface area (Å²) in [4.78, 5) is 54.4. The second kappa shape index (κ2) is 11.4. The Hall–Kier alpha value is -4.50. The van der Waals surface area contributed by atoms with Crippen LogP contribution in [0, 0.1) is 31.1 Å². The first-order chi connectivity index (χ1) is 20.0. The van der Waals surface area contributed by atoms with Gasteiger partial charge < -0.3 is 10.2 Å². The Morgan fingerprint density at radius 1 is 1.12 bits per heavy atom. The summed E-state index contributed by atoms with van der Waals surface area (Å²) in [5.41, 5.74) is 2.91. The number of carbonyl (C=O) groups is 3. The molecule has 3 aromatic heterocycles. The highest BCUT2D eigenvalue weighted by molar-refractivity contribution is 9.10. The number of benzene rings is 1. The number of pyridine rings is 1. The molecule has 214 valence electrons. The average molecular weight is 630 g/mol. The largest absolute Gasteiger partial charge is 0.326 e. The molecule has 42 heavy (non-hydrogen) atoms. The topological polar surface area (TPSA) is 147 Å². The number of nitriles is 1. The lowest BCUT2D eigenvalue weighted by Gasteiger charge is -2.28. The van der Waals surface area contributed by atoms with E-state index < -0.39 is 6.04 Å². The number of nitrogens with one attached hydrogen (secondary N) is 1. The number of aromatic nitrogens is 5. The molecule has 0 bridgehead atoms. The number of hydrogen-bond acceptors (Lipinski definition) is 8. The van der Waals surface area contributed by atoms with E-state index in [9.17, 15) is 19.6 Å². The number of fused-ring (bicyclic) bond motifs is 1.